The molecular formula is C18H24N4O. The minimum Gasteiger partial charge on any atom is -0.383 e. The molecule has 2 rings (SSSR count). The van der Waals surface area contributed by atoms with Crippen molar-refractivity contribution in [3.05, 3.63) is 53.2 Å². The highest BCUT2D eigenvalue weighted by Gasteiger charge is 2.07. The average molecular weight is 312 g/mol. The Morgan fingerprint density at radius 2 is 1.91 bits per heavy atom. The van der Waals surface area contributed by atoms with Crippen molar-refractivity contribution in [2.75, 3.05) is 37.8 Å². The second-order valence-corrected chi connectivity index (χ2v) is 5.92. The largest absolute Gasteiger partial charge is 0.383 e. The topological polar surface area (TPSA) is 57.3 Å². The lowest BCUT2D eigenvalue weighted by Crippen LogP contribution is -2.20. The standard InChI is InChI=1S/C18H24N4O/c1-13-5-6-15(11-14(13)2)18(23)21-17-8-7-16(12-20-17)19-9-10-22(3)4/h5-8,11-12,19H,9-10H2,1-4H3,(H,20,21,23). The SMILES string of the molecule is Cc1ccc(C(=O)Nc2ccc(NCCN(C)C)cn2)cc1C. The van der Waals surface area contributed by atoms with Crippen molar-refractivity contribution >= 4 is 17.4 Å². The summed E-state index contributed by atoms with van der Waals surface area (Å²) in [6.07, 6.45) is 1.73. The van der Waals surface area contributed by atoms with Crippen molar-refractivity contribution in [2.45, 2.75) is 13.8 Å². The first kappa shape index (κ1) is 17.0. The molecule has 2 N–H and O–H groups in total. The number of nitrogens with zero attached hydrogens (tertiary/aromatic N) is 2. The highest BCUT2D eigenvalue weighted by atomic mass is 16.1. The normalized spacial score (nSPS) is 10.7. The Balaban J connectivity index is 1.94. The number of carbonyl (C=O) groups is 1. The molecule has 1 heterocycles. The summed E-state index contributed by atoms with van der Waals surface area (Å²) in [7, 11) is 4.07. The maximum atomic E-state index is 12.2. The van der Waals surface area contributed by atoms with Crippen molar-refractivity contribution in [1.29, 1.82) is 0 Å². The van der Waals surface area contributed by atoms with Crippen LogP contribution in [0.2, 0.25) is 0 Å². The molecule has 0 saturated heterocycles. The number of amides is 1. The molecule has 0 radical (unpaired) electrons. The number of nitrogens with one attached hydrogen (secondary N) is 2. The van der Waals surface area contributed by atoms with Gasteiger partial charge in [-0.3, -0.25) is 4.79 Å². The molecule has 0 saturated carbocycles. The summed E-state index contributed by atoms with van der Waals surface area (Å²) in [5.41, 5.74) is 3.86. The van der Waals surface area contributed by atoms with Gasteiger partial charge in [0.05, 0.1) is 11.9 Å². The third-order valence-electron chi connectivity index (χ3n) is 3.66. The molecule has 23 heavy (non-hydrogen) atoms. The van der Waals surface area contributed by atoms with E-state index in [9.17, 15) is 4.79 Å². The van der Waals surface area contributed by atoms with E-state index in [0.717, 1.165) is 24.3 Å². The molecule has 5 nitrogen and oxygen atoms in total. The molecule has 0 spiro atoms. The number of aromatic nitrogens is 1. The smallest absolute Gasteiger partial charge is 0.256 e. The number of aryl methyl sites for hydroxylation is 2. The summed E-state index contributed by atoms with van der Waals surface area (Å²) in [6, 6.07) is 9.39. The average Bonchev–Trinajstić information content (AvgIpc) is 2.51. The summed E-state index contributed by atoms with van der Waals surface area (Å²) in [6.45, 7) is 5.83. The molecule has 0 fully saturated rings. The molecule has 0 aliphatic carbocycles. The lowest BCUT2D eigenvalue weighted by Gasteiger charge is -2.11. The van der Waals surface area contributed by atoms with Gasteiger partial charge in [0.15, 0.2) is 0 Å². The number of hydrogen-bond donors (Lipinski definition) is 2. The van der Waals surface area contributed by atoms with E-state index in [1.807, 2.05) is 52.2 Å². The van der Waals surface area contributed by atoms with Gasteiger partial charge in [-0.1, -0.05) is 6.07 Å². The molecule has 1 amide bonds. The van der Waals surface area contributed by atoms with Crippen LogP contribution in [-0.4, -0.2) is 43.0 Å². The summed E-state index contributed by atoms with van der Waals surface area (Å²) < 4.78 is 0. The van der Waals surface area contributed by atoms with Gasteiger partial charge in [-0.25, -0.2) is 4.98 Å². The summed E-state index contributed by atoms with van der Waals surface area (Å²) in [4.78, 5) is 18.6. The minimum atomic E-state index is -0.145. The van der Waals surface area contributed by atoms with E-state index >= 15 is 0 Å². The van der Waals surface area contributed by atoms with Gasteiger partial charge in [-0.15, -0.1) is 0 Å². The van der Waals surface area contributed by atoms with Crippen LogP contribution in [0.1, 0.15) is 21.5 Å². The number of rotatable bonds is 6. The van der Waals surface area contributed by atoms with E-state index < -0.39 is 0 Å². The fourth-order valence-electron chi connectivity index (χ4n) is 2.07. The Morgan fingerprint density at radius 1 is 1.13 bits per heavy atom. The Bertz CT molecular complexity index is 665. The summed E-state index contributed by atoms with van der Waals surface area (Å²) >= 11 is 0. The minimum absolute atomic E-state index is 0.145. The Kier molecular flexibility index (Phi) is 5.71. The predicted molar refractivity (Wildman–Crippen MR) is 95.1 cm³/mol. The van der Waals surface area contributed by atoms with E-state index in [1.165, 1.54) is 5.56 Å². The van der Waals surface area contributed by atoms with Crippen molar-refractivity contribution < 1.29 is 4.79 Å². The molecule has 2 aromatic rings. The van der Waals surface area contributed by atoms with E-state index in [1.54, 1.807) is 12.3 Å². The lowest BCUT2D eigenvalue weighted by atomic mass is 10.1. The van der Waals surface area contributed by atoms with Crippen LogP contribution in [0.25, 0.3) is 0 Å². The maximum Gasteiger partial charge on any atom is 0.256 e. The summed E-state index contributed by atoms with van der Waals surface area (Å²) in [5, 5.41) is 6.11. The Hall–Kier alpha value is -2.40. The zero-order valence-corrected chi connectivity index (χ0v) is 14.2. The van der Waals surface area contributed by atoms with Gasteiger partial charge in [-0.2, -0.15) is 0 Å². The number of likely N-dealkylation sites (N-methyl/N-ethyl adjacent to an activating group) is 1. The number of hydrogen-bond acceptors (Lipinski definition) is 4. The van der Waals surface area contributed by atoms with Crippen LogP contribution in [0.5, 0.6) is 0 Å². The van der Waals surface area contributed by atoms with Crippen LogP contribution in [0.15, 0.2) is 36.5 Å². The van der Waals surface area contributed by atoms with Crippen molar-refractivity contribution in [2.24, 2.45) is 0 Å². The number of benzene rings is 1. The fourth-order valence-corrected chi connectivity index (χ4v) is 2.07. The Morgan fingerprint density at radius 3 is 2.52 bits per heavy atom. The molecule has 5 heteroatoms. The van der Waals surface area contributed by atoms with Gasteiger partial charge in [0, 0.05) is 18.7 Å². The maximum absolute atomic E-state index is 12.2. The van der Waals surface area contributed by atoms with Crippen molar-refractivity contribution in [1.82, 2.24) is 9.88 Å². The van der Waals surface area contributed by atoms with E-state index in [-0.39, 0.29) is 5.91 Å². The van der Waals surface area contributed by atoms with Gasteiger partial charge in [0.1, 0.15) is 5.82 Å². The number of anilines is 2. The molecule has 0 aliphatic heterocycles. The lowest BCUT2D eigenvalue weighted by molar-refractivity contribution is 0.102. The molecule has 1 aromatic carbocycles. The first-order valence-electron chi connectivity index (χ1n) is 7.69. The van der Waals surface area contributed by atoms with Gasteiger partial charge >= 0.3 is 0 Å². The number of pyridine rings is 1. The molecule has 1 aromatic heterocycles. The quantitative estimate of drug-likeness (QED) is 0.861. The second kappa shape index (κ2) is 7.74. The zero-order valence-electron chi connectivity index (χ0n) is 14.2. The fraction of sp³-hybridized carbons (Fsp3) is 0.333. The van der Waals surface area contributed by atoms with Gasteiger partial charge in [-0.05, 0) is 63.3 Å². The predicted octanol–water partition coefficient (Wildman–Crippen LogP) is 2.92. The molecule has 0 bridgehead atoms. The monoisotopic (exact) mass is 312 g/mol. The molecular weight excluding hydrogens is 288 g/mol. The molecule has 122 valence electrons. The second-order valence-electron chi connectivity index (χ2n) is 5.92. The van der Waals surface area contributed by atoms with Crippen LogP contribution in [0, 0.1) is 13.8 Å². The molecule has 0 atom stereocenters. The van der Waals surface area contributed by atoms with E-state index in [2.05, 4.69) is 20.5 Å². The van der Waals surface area contributed by atoms with Crippen molar-refractivity contribution in [3.8, 4) is 0 Å². The van der Waals surface area contributed by atoms with Crippen LogP contribution in [0.4, 0.5) is 11.5 Å². The molecule has 0 aliphatic rings. The highest BCUT2D eigenvalue weighted by Crippen LogP contribution is 2.13. The van der Waals surface area contributed by atoms with Crippen LogP contribution < -0.4 is 10.6 Å². The van der Waals surface area contributed by atoms with Gasteiger partial charge in [0.2, 0.25) is 0 Å². The van der Waals surface area contributed by atoms with Gasteiger partial charge in [0.25, 0.3) is 5.91 Å². The van der Waals surface area contributed by atoms with Crippen LogP contribution in [-0.2, 0) is 0 Å². The first-order valence-corrected chi connectivity index (χ1v) is 7.69. The zero-order chi connectivity index (χ0) is 16.8. The van der Waals surface area contributed by atoms with Crippen LogP contribution in [0.3, 0.4) is 0 Å². The number of carbonyl (C=O) groups excluding carboxylic acids is 1. The van der Waals surface area contributed by atoms with Crippen molar-refractivity contribution in [3.63, 3.8) is 0 Å². The third-order valence-corrected chi connectivity index (χ3v) is 3.66. The van der Waals surface area contributed by atoms with E-state index in [4.69, 9.17) is 0 Å². The van der Waals surface area contributed by atoms with Gasteiger partial charge < -0.3 is 15.5 Å². The van der Waals surface area contributed by atoms with E-state index in [0.29, 0.717) is 11.4 Å². The highest BCUT2D eigenvalue weighted by molar-refractivity contribution is 6.03. The van der Waals surface area contributed by atoms with Crippen LogP contribution >= 0.6 is 0 Å². The Labute approximate surface area is 137 Å². The first-order chi connectivity index (χ1) is 11.0. The third kappa shape index (κ3) is 5.07. The molecule has 0 unspecified atom stereocenters. The summed E-state index contributed by atoms with van der Waals surface area (Å²) in [5.74, 6) is 0.403.